The molecule has 0 amide bonds. The van der Waals surface area contributed by atoms with Gasteiger partial charge in [0.1, 0.15) is 0 Å². The van der Waals surface area contributed by atoms with Crippen LogP contribution in [0.4, 0.5) is 0 Å². The molecule has 0 fully saturated rings. The minimum Gasteiger partial charge on any atom is -0.466 e. The molecule has 0 aromatic heterocycles. The Kier molecular flexibility index (Phi) is 21.2. The topological polar surface area (TPSA) is 26.3 Å². The Morgan fingerprint density at radius 2 is 2.00 bits per heavy atom. The van der Waals surface area contributed by atoms with E-state index in [9.17, 15) is 4.79 Å². The molecule has 1 radical (unpaired) electrons. The number of rotatable bonds is 1. The molecule has 0 heterocycles. The Hall–Kier alpha value is 0.760. The van der Waals surface area contributed by atoms with Crippen molar-refractivity contribution in [3.05, 3.63) is 0 Å². The van der Waals surface area contributed by atoms with Gasteiger partial charge in [-0.15, -0.1) is 12.4 Å². The molecule has 0 rings (SSSR count). The molecule has 0 unspecified atom stereocenters. The van der Waals surface area contributed by atoms with Crippen LogP contribution in [0.15, 0.2) is 0 Å². The van der Waals surface area contributed by atoms with E-state index in [2.05, 4.69) is 4.74 Å². The van der Waals surface area contributed by atoms with Gasteiger partial charge in [-0.2, -0.15) is 0 Å². The predicted octanol–water partition coefficient (Wildman–Crippen LogP) is 0.610. The van der Waals surface area contributed by atoms with Crippen LogP contribution >= 0.6 is 12.4 Å². The van der Waals surface area contributed by atoms with E-state index in [0.717, 1.165) is 0 Å². The van der Waals surface area contributed by atoms with Crippen molar-refractivity contribution < 1.29 is 9.53 Å². The molecule has 45 valence electrons. The van der Waals surface area contributed by atoms with E-state index in [-0.39, 0.29) is 47.9 Å². The van der Waals surface area contributed by atoms with Crippen molar-refractivity contribution in [3.8, 4) is 0 Å². The molecule has 0 bridgehead atoms. The van der Waals surface area contributed by atoms with Crippen LogP contribution in [0.2, 0.25) is 0 Å². The first-order valence-corrected chi connectivity index (χ1v) is 1.90. The van der Waals surface area contributed by atoms with Crippen molar-refractivity contribution >= 4 is 47.9 Å². The maximum atomic E-state index is 9.82. The van der Waals surface area contributed by atoms with Crippen LogP contribution in [-0.4, -0.2) is 42.1 Å². The summed E-state index contributed by atoms with van der Waals surface area (Å²) in [5, 5.41) is 0. The average Bonchev–Trinajstić information content (AvgIpc) is 1.35. The molecule has 0 aliphatic rings. The zero-order valence-electron chi connectivity index (χ0n) is 5.43. The molecule has 8 heavy (non-hydrogen) atoms. The standard InChI is InChI=1S/C4H8O2.ClH.Na/c1-3-6-4(2)5;;/h3H2,1-2H3;1H;. The number of esters is 1. The Morgan fingerprint density at radius 1 is 1.62 bits per heavy atom. The quantitative estimate of drug-likeness (QED) is 0.401. The van der Waals surface area contributed by atoms with Gasteiger partial charge in [0.2, 0.25) is 0 Å². The third kappa shape index (κ3) is 15.9. The fourth-order valence-corrected chi connectivity index (χ4v) is 0.203. The fourth-order valence-electron chi connectivity index (χ4n) is 0.203. The second-order valence-corrected chi connectivity index (χ2v) is 0.925. The van der Waals surface area contributed by atoms with E-state index >= 15 is 0 Å². The molecular formula is C4H9ClNaO2. The number of hydrogen-bond donors (Lipinski definition) is 0. The van der Waals surface area contributed by atoms with Crippen LogP contribution in [0.3, 0.4) is 0 Å². The van der Waals surface area contributed by atoms with Crippen LogP contribution in [0.5, 0.6) is 0 Å². The minimum absolute atomic E-state index is 0. The van der Waals surface area contributed by atoms with Crippen LogP contribution in [-0.2, 0) is 9.53 Å². The van der Waals surface area contributed by atoms with Gasteiger partial charge >= 0.3 is 5.97 Å². The number of carbonyl (C=O) groups is 1. The van der Waals surface area contributed by atoms with Crippen molar-refractivity contribution in [1.29, 1.82) is 0 Å². The van der Waals surface area contributed by atoms with Gasteiger partial charge < -0.3 is 4.74 Å². The van der Waals surface area contributed by atoms with Crippen LogP contribution < -0.4 is 0 Å². The number of ether oxygens (including phenoxy) is 1. The summed E-state index contributed by atoms with van der Waals surface area (Å²) < 4.78 is 4.40. The second kappa shape index (κ2) is 10.7. The zero-order chi connectivity index (χ0) is 4.99. The Balaban J connectivity index is -0.000000125. The van der Waals surface area contributed by atoms with Crippen molar-refractivity contribution in [2.24, 2.45) is 0 Å². The summed E-state index contributed by atoms with van der Waals surface area (Å²) in [5.74, 6) is -0.211. The first-order chi connectivity index (χ1) is 2.77. The minimum atomic E-state index is -0.211. The molecule has 0 aromatic rings. The van der Waals surface area contributed by atoms with Crippen molar-refractivity contribution in [2.75, 3.05) is 6.61 Å². The van der Waals surface area contributed by atoms with Crippen molar-refractivity contribution in [1.82, 2.24) is 0 Å². The molecular weight excluding hydrogens is 138 g/mol. The van der Waals surface area contributed by atoms with Gasteiger partial charge in [-0.25, -0.2) is 0 Å². The molecule has 0 aromatic carbocycles. The summed E-state index contributed by atoms with van der Waals surface area (Å²) >= 11 is 0. The summed E-state index contributed by atoms with van der Waals surface area (Å²) in [4.78, 5) is 9.82. The first-order valence-electron chi connectivity index (χ1n) is 1.90. The van der Waals surface area contributed by atoms with Crippen LogP contribution in [0, 0.1) is 0 Å². The van der Waals surface area contributed by atoms with Gasteiger partial charge in [0, 0.05) is 36.5 Å². The molecule has 2 nitrogen and oxygen atoms in total. The summed E-state index contributed by atoms with van der Waals surface area (Å²) in [6.07, 6.45) is 0. The summed E-state index contributed by atoms with van der Waals surface area (Å²) in [6.45, 7) is 3.65. The Labute approximate surface area is 77.7 Å². The first kappa shape index (κ1) is 15.9. The van der Waals surface area contributed by atoms with E-state index < -0.39 is 0 Å². The Bertz CT molecular complexity index is 58.0. The van der Waals surface area contributed by atoms with E-state index in [4.69, 9.17) is 0 Å². The molecule has 0 saturated carbocycles. The third-order valence-corrected chi connectivity index (χ3v) is 0.348. The molecule has 0 aliphatic heterocycles. The molecule has 4 heteroatoms. The molecule has 0 N–H and O–H groups in total. The van der Waals surface area contributed by atoms with Gasteiger partial charge in [-0.3, -0.25) is 4.79 Å². The predicted molar refractivity (Wildman–Crippen MR) is 35.3 cm³/mol. The summed E-state index contributed by atoms with van der Waals surface area (Å²) in [5.41, 5.74) is 0. The number of halogens is 1. The van der Waals surface area contributed by atoms with E-state index in [1.807, 2.05) is 0 Å². The van der Waals surface area contributed by atoms with Gasteiger partial charge in [-0.05, 0) is 6.92 Å². The summed E-state index contributed by atoms with van der Waals surface area (Å²) in [6, 6.07) is 0. The van der Waals surface area contributed by atoms with Crippen molar-refractivity contribution in [3.63, 3.8) is 0 Å². The van der Waals surface area contributed by atoms with Gasteiger partial charge in [-0.1, -0.05) is 0 Å². The van der Waals surface area contributed by atoms with Gasteiger partial charge in [0.25, 0.3) is 0 Å². The molecule has 0 atom stereocenters. The number of hydrogen-bond acceptors (Lipinski definition) is 2. The number of carbonyl (C=O) groups excluding carboxylic acids is 1. The largest absolute Gasteiger partial charge is 0.466 e. The normalized spacial score (nSPS) is 5.75. The van der Waals surface area contributed by atoms with Crippen LogP contribution in [0.1, 0.15) is 13.8 Å². The Morgan fingerprint density at radius 3 is 2.00 bits per heavy atom. The maximum Gasteiger partial charge on any atom is 0.302 e. The zero-order valence-corrected chi connectivity index (χ0v) is 8.25. The SMILES string of the molecule is CCOC(C)=O.Cl.[Na]. The monoisotopic (exact) mass is 147 g/mol. The van der Waals surface area contributed by atoms with E-state index in [0.29, 0.717) is 6.61 Å². The average molecular weight is 148 g/mol. The van der Waals surface area contributed by atoms with Gasteiger partial charge in [0.05, 0.1) is 6.61 Å². The summed E-state index contributed by atoms with van der Waals surface area (Å²) in [7, 11) is 0. The third-order valence-electron chi connectivity index (χ3n) is 0.348. The fraction of sp³-hybridized carbons (Fsp3) is 0.750. The molecule has 0 saturated heterocycles. The van der Waals surface area contributed by atoms with Crippen molar-refractivity contribution in [2.45, 2.75) is 13.8 Å². The van der Waals surface area contributed by atoms with E-state index in [1.54, 1.807) is 6.92 Å². The van der Waals surface area contributed by atoms with Crippen LogP contribution in [0.25, 0.3) is 0 Å². The van der Waals surface area contributed by atoms with E-state index in [1.165, 1.54) is 6.92 Å². The smallest absolute Gasteiger partial charge is 0.302 e. The maximum absolute atomic E-state index is 9.82. The molecule has 0 spiro atoms. The molecule has 0 aliphatic carbocycles. The second-order valence-electron chi connectivity index (χ2n) is 0.925. The van der Waals surface area contributed by atoms with Gasteiger partial charge in [0.15, 0.2) is 0 Å².